The summed E-state index contributed by atoms with van der Waals surface area (Å²) in [5, 5.41) is 8.19. The van der Waals surface area contributed by atoms with Crippen LogP contribution < -0.4 is 4.90 Å². The summed E-state index contributed by atoms with van der Waals surface area (Å²) in [6, 6.07) is 43.0. The lowest BCUT2D eigenvalue weighted by Crippen LogP contribution is -2.28. The normalized spacial score (nSPS) is 17.0. The van der Waals surface area contributed by atoms with Crippen molar-refractivity contribution in [1.82, 2.24) is 0 Å². The molecule has 1 aromatic heterocycles. The van der Waals surface area contributed by atoms with E-state index in [-0.39, 0.29) is 0 Å². The van der Waals surface area contributed by atoms with Gasteiger partial charge in [-0.1, -0.05) is 154 Å². The van der Waals surface area contributed by atoms with Gasteiger partial charge in [-0.15, -0.1) is 11.3 Å². The molecule has 2 aliphatic rings. The Kier molecular flexibility index (Phi) is 10.9. The summed E-state index contributed by atoms with van der Waals surface area (Å²) < 4.78 is 2.78. The van der Waals surface area contributed by atoms with E-state index in [2.05, 4.69) is 170 Å². The zero-order valence-electron chi connectivity index (χ0n) is 32.0. The summed E-state index contributed by atoms with van der Waals surface area (Å²) in [5.41, 5.74) is 8.23. The number of hydrogen-bond donors (Lipinski definition) is 0. The van der Waals surface area contributed by atoms with Crippen LogP contribution in [0.4, 0.5) is 5.69 Å². The Morgan fingerprint density at radius 3 is 2.28 bits per heavy atom. The molecule has 0 saturated heterocycles. The number of anilines is 1. The molecular formula is C52H51NS. The molecule has 0 radical (unpaired) electrons. The fourth-order valence-electron chi connectivity index (χ4n) is 8.68. The van der Waals surface area contributed by atoms with Gasteiger partial charge < -0.3 is 4.90 Å². The van der Waals surface area contributed by atoms with E-state index in [0.717, 1.165) is 25.8 Å². The van der Waals surface area contributed by atoms with Crippen LogP contribution in [0, 0.1) is 5.92 Å². The van der Waals surface area contributed by atoms with Gasteiger partial charge in [0.25, 0.3) is 0 Å². The van der Waals surface area contributed by atoms with Crippen molar-refractivity contribution in [1.29, 1.82) is 0 Å². The van der Waals surface area contributed by atoms with Gasteiger partial charge in [0.05, 0.1) is 0 Å². The van der Waals surface area contributed by atoms with Crippen LogP contribution in [0.3, 0.4) is 0 Å². The molecule has 0 amide bonds. The molecule has 0 fully saturated rings. The topological polar surface area (TPSA) is 3.24 Å². The highest BCUT2D eigenvalue weighted by atomic mass is 32.1. The van der Waals surface area contributed by atoms with Crippen LogP contribution in [0.1, 0.15) is 74.6 Å². The first-order valence-electron chi connectivity index (χ1n) is 20.2. The second kappa shape index (κ2) is 16.5. The summed E-state index contributed by atoms with van der Waals surface area (Å²) in [5.74, 6) is 0.865. The van der Waals surface area contributed by atoms with Gasteiger partial charge in [0.2, 0.25) is 0 Å². The van der Waals surface area contributed by atoms with Gasteiger partial charge in [0.1, 0.15) is 0 Å². The molecule has 9 rings (SSSR count). The minimum absolute atomic E-state index is 0.324. The number of thiophene rings is 1. The first-order chi connectivity index (χ1) is 26.7. The molecule has 0 aliphatic heterocycles. The van der Waals surface area contributed by atoms with Gasteiger partial charge in [-0.3, -0.25) is 0 Å². The summed E-state index contributed by atoms with van der Waals surface area (Å²) in [6.07, 6.45) is 23.5. The second-order valence-corrected chi connectivity index (χ2v) is 15.6. The quantitative estimate of drug-likeness (QED) is 0.0815. The maximum absolute atomic E-state index is 2.60. The molecule has 2 unspecified atom stereocenters. The Morgan fingerprint density at radius 2 is 1.48 bits per heavy atom. The van der Waals surface area contributed by atoms with Crippen molar-refractivity contribution in [2.75, 3.05) is 11.4 Å². The summed E-state index contributed by atoms with van der Waals surface area (Å²) in [4.78, 5) is 2.60. The van der Waals surface area contributed by atoms with Crippen LogP contribution in [0.5, 0.6) is 0 Å². The predicted molar refractivity (Wildman–Crippen MR) is 239 cm³/mol. The largest absolute Gasteiger partial charge is 0.341 e. The number of benzene rings is 6. The molecule has 1 nitrogen and oxygen atoms in total. The van der Waals surface area contributed by atoms with E-state index in [0.29, 0.717) is 11.8 Å². The third kappa shape index (κ3) is 7.08. The smallest absolute Gasteiger partial charge is 0.0413 e. The van der Waals surface area contributed by atoms with Crippen molar-refractivity contribution in [2.45, 2.75) is 65.2 Å². The van der Waals surface area contributed by atoms with Crippen molar-refractivity contribution >= 4 is 64.8 Å². The number of allylic oxidation sites excluding steroid dienone is 5. The lowest BCUT2D eigenvalue weighted by Gasteiger charge is -2.31. The molecule has 54 heavy (non-hydrogen) atoms. The SMILES string of the molecule is CC.CC/C=C(\C=C/Cc1cccc2c1sc1ccccc12)N(CC1C=CCCC1)c1cccc(C2C=Cc3c(c4ccccc4c4ccccc34)C2)c1. The van der Waals surface area contributed by atoms with Crippen LogP contribution in [0.25, 0.3) is 47.8 Å². The number of fused-ring (bicyclic) bond motifs is 9. The molecule has 2 atom stereocenters. The lowest BCUT2D eigenvalue weighted by atomic mass is 9.80. The molecule has 0 bridgehead atoms. The molecule has 2 heteroatoms. The Labute approximate surface area is 325 Å². The molecule has 2 aliphatic carbocycles. The molecule has 1 heterocycles. The highest BCUT2D eigenvalue weighted by Crippen LogP contribution is 2.41. The van der Waals surface area contributed by atoms with Crippen molar-refractivity contribution in [3.63, 3.8) is 0 Å². The maximum atomic E-state index is 2.60. The molecule has 0 saturated carbocycles. The van der Waals surface area contributed by atoms with Crippen molar-refractivity contribution in [2.24, 2.45) is 5.92 Å². The fraction of sp³-hybridized carbons (Fsp3) is 0.231. The van der Waals surface area contributed by atoms with E-state index in [1.165, 1.54) is 94.6 Å². The first-order valence-corrected chi connectivity index (χ1v) is 21.0. The van der Waals surface area contributed by atoms with Gasteiger partial charge in [-0.05, 0) is 113 Å². The average Bonchev–Trinajstić information content (AvgIpc) is 3.63. The van der Waals surface area contributed by atoms with E-state index in [1.807, 2.05) is 25.2 Å². The lowest BCUT2D eigenvalue weighted by molar-refractivity contribution is 0.541. The minimum atomic E-state index is 0.324. The van der Waals surface area contributed by atoms with E-state index >= 15 is 0 Å². The van der Waals surface area contributed by atoms with Gasteiger partial charge in [0, 0.05) is 44.0 Å². The third-order valence-corrected chi connectivity index (χ3v) is 12.5. The van der Waals surface area contributed by atoms with Crippen LogP contribution in [0.15, 0.2) is 157 Å². The van der Waals surface area contributed by atoms with Gasteiger partial charge in [-0.25, -0.2) is 0 Å². The number of hydrogen-bond acceptors (Lipinski definition) is 2. The molecule has 6 aromatic carbocycles. The fourth-order valence-corrected chi connectivity index (χ4v) is 9.91. The summed E-state index contributed by atoms with van der Waals surface area (Å²) in [7, 11) is 0. The number of rotatable bonds is 9. The van der Waals surface area contributed by atoms with E-state index in [9.17, 15) is 0 Å². The van der Waals surface area contributed by atoms with Gasteiger partial charge in [-0.2, -0.15) is 0 Å². The van der Waals surface area contributed by atoms with Crippen LogP contribution >= 0.6 is 11.3 Å². The Bertz CT molecular complexity index is 2540. The van der Waals surface area contributed by atoms with Crippen molar-refractivity contribution < 1.29 is 0 Å². The molecule has 0 N–H and O–H groups in total. The van der Waals surface area contributed by atoms with Crippen LogP contribution in [0.2, 0.25) is 0 Å². The summed E-state index contributed by atoms with van der Waals surface area (Å²) >= 11 is 1.92. The van der Waals surface area contributed by atoms with Crippen molar-refractivity contribution in [3.8, 4) is 0 Å². The van der Waals surface area contributed by atoms with E-state index < -0.39 is 0 Å². The van der Waals surface area contributed by atoms with Gasteiger partial charge in [0.15, 0.2) is 0 Å². The zero-order valence-corrected chi connectivity index (χ0v) is 32.8. The molecule has 270 valence electrons. The zero-order chi connectivity index (χ0) is 36.9. The highest BCUT2D eigenvalue weighted by Gasteiger charge is 2.23. The monoisotopic (exact) mass is 721 g/mol. The van der Waals surface area contributed by atoms with Crippen LogP contribution in [-0.2, 0) is 12.8 Å². The van der Waals surface area contributed by atoms with Crippen molar-refractivity contribution in [3.05, 3.63) is 180 Å². The predicted octanol–water partition coefficient (Wildman–Crippen LogP) is 15.0. The molecular weight excluding hydrogens is 671 g/mol. The Hall–Kier alpha value is -5.18. The van der Waals surface area contributed by atoms with E-state index in [4.69, 9.17) is 0 Å². The third-order valence-electron chi connectivity index (χ3n) is 11.2. The van der Waals surface area contributed by atoms with Gasteiger partial charge >= 0.3 is 0 Å². The number of nitrogens with zero attached hydrogens (tertiary/aromatic N) is 1. The minimum Gasteiger partial charge on any atom is -0.341 e. The highest BCUT2D eigenvalue weighted by molar-refractivity contribution is 7.26. The second-order valence-electron chi connectivity index (χ2n) is 14.5. The maximum Gasteiger partial charge on any atom is 0.0413 e. The molecule has 0 spiro atoms. The van der Waals surface area contributed by atoms with E-state index in [1.54, 1.807) is 0 Å². The Balaban J connectivity index is 0.00000203. The molecule has 7 aromatic rings. The average molecular weight is 722 g/mol. The first kappa shape index (κ1) is 35.8. The van der Waals surface area contributed by atoms with Crippen LogP contribution in [-0.4, -0.2) is 6.54 Å². The standard InChI is InChI=1S/C50H45NS.C2H6/c1-2-15-39(21-12-18-36-19-14-28-47-46-27-10-11-29-49(46)52-50(36)47)51(34-35-16-4-3-5-17-35)40-22-13-20-37(32-40)38-30-31-45-43-25-7-6-23-41(43)42-24-8-9-26-44(42)48(45)33-38;1-2/h4,6-16,19-32,35,38H,2-3,5,17-18,33-34H2,1H3;1-2H3/b21-12-,39-15+;. The summed E-state index contributed by atoms with van der Waals surface area (Å²) in [6.45, 7) is 7.25. The Morgan fingerprint density at radius 1 is 0.759 bits per heavy atom.